The van der Waals surface area contributed by atoms with Gasteiger partial charge in [0.15, 0.2) is 5.78 Å². The predicted octanol–water partition coefficient (Wildman–Crippen LogP) is 5.52. The summed E-state index contributed by atoms with van der Waals surface area (Å²) in [5.74, 6) is -1.02. The molecule has 1 N–H and O–H groups in total. The molecule has 0 amide bonds. The zero-order chi connectivity index (χ0) is 23.7. The number of hydrogen-bond donors (Lipinski definition) is 1. The maximum absolute atomic E-state index is 13.6. The van der Waals surface area contributed by atoms with Gasteiger partial charge in [-0.25, -0.2) is 0 Å². The van der Waals surface area contributed by atoms with Gasteiger partial charge in [0, 0.05) is 39.9 Å². The molecule has 33 heavy (non-hydrogen) atoms. The Morgan fingerprint density at radius 3 is 2.48 bits per heavy atom. The lowest BCUT2D eigenvalue weighted by atomic mass is 9.69. The lowest BCUT2D eigenvalue weighted by molar-refractivity contribution is -0.144. The van der Waals surface area contributed by atoms with Gasteiger partial charge in [-0.15, -0.1) is 0 Å². The molecule has 0 bridgehead atoms. The van der Waals surface area contributed by atoms with Crippen LogP contribution in [0.5, 0.6) is 5.75 Å². The first-order valence-corrected chi connectivity index (χ1v) is 11.5. The number of carbonyl (C=O) groups is 2. The van der Waals surface area contributed by atoms with Crippen molar-refractivity contribution >= 4 is 23.4 Å². The maximum Gasteiger partial charge on any atom is 0.315 e. The molecule has 0 aromatic heterocycles. The van der Waals surface area contributed by atoms with Crippen molar-refractivity contribution < 1.29 is 19.1 Å². The van der Waals surface area contributed by atoms with Crippen molar-refractivity contribution in [3.63, 3.8) is 0 Å². The number of esters is 1. The summed E-state index contributed by atoms with van der Waals surface area (Å²) < 4.78 is 11.2. The molecule has 3 atom stereocenters. The minimum Gasteiger partial charge on any atom is -0.491 e. The molecule has 2 aromatic carbocycles. The van der Waals surface area contributed by atoms with Crippen LogP contribution in [-0.2, 0) is 14.3 Å². The number of rotatable bonds is 5. The average Bonchev–Trinajstić information content (AvgIpc) is 2.78. The molecule has 172 valence electrons. The number of nitrogens with one attached hydrogen (secondary N) is 1. The molecular weight excluding hydrogens is 438 g/mol. The summed E-state index contributed by atoms with van der Waals surface area (Å²) in [5, 5.41) is 3.94. The molecule has 5 nitrogen and oxygen atoms in total. The molecule has 0 saturated carbocycles. The number of ether oxygens (including phenoxy) is 2. The lowest BCUT2D eigenvalue weighted by Gasteiger charge is -2.40. The number of carbonyl (C=O) groups excluding carboxylic acids is 2. The van der Waals surface area contributed by atoms with Crippen LogP contribution in [0.1, 0.15) is 49.7 Å². The molecule has 3 unspecified atom stereocenters. The van der Waals surface area contributed by atoms with Gasteiger partial charge in [-0.05, 0) is 49.9 Å². The molecule has 2 aliphatic rings. The Labute approximate surface area is 199 Å². The van der Waals surface area contributed by atoms with Crippen LogP contribution in [0.4, 0.5) is 0 Å². The third-order valence-corrected chi connectivity index (χ3v) is 6.50. The number of benzene rings is 2. The number of allylic oxidation sites excluding steroid dienone is 2. The summed E-state index contributed by atoms with van der Waals surface area (Å²) in [6.45, 7) is 8.04. The quantitative estimate of drug-likeness (QED) is 0.589. The van der Waals surface area contributed by atoms with Crippen LogP contribution in [-0.4, -0.2) is 25.0 Å². The molecule has 1 aliphatic carbocycles. The Balaban J connectivity index is 1.83. The van der Waals surface area contributed by atoms with E-state index in [1.165, 1.54) is 7.11 Å². The summed E-state index contributed by atoms with van der Waals surface area (Å²) in [7, 11) is 1.35. The Hall–Kier alpha value is -3.05. The van der Waals surface area contributed by atoms with Gasteiger partial charge in [0.1, 0.15) is 11.7 Å². The van der Waals surface area contributed by atoms with Gasteiger partial charge < -0.3 is 14.8 Å². The van der Waals surface area contributed by atoms with E-state index in [2.05, 4.69) is 11.9 Å². The highest BCUT2D eigenvalue weighted by Crippen LogP contribution is 2.49. The van der Waals surface area contributed by atoms with Crippen molar-refractivity contribution in [3.05, 3.63) is 88.2 Å². The molecule has 0 saturated heterocycles. The van der Waals surface area contributed by atoms with Crippen LogP contribution in [0.2, 0.25) is 5.02 Å². The molecule has 6 heteroatoms. The van der Waals surface area contributed by atoms with E-state index in [1.54, 1.807) is 0 Å². The molecule has 0 radical (unpaired) electrons. The van der Waals surface area contributed by atoms with Crippen LogP contribution in [0.15, 0.2) is 72.1 Å². The largest absolute Gasteiger partial charge is 0.491 e. The standard InChI is InChI=1S/C27H28ClNO4/c1-15(2)33-23-8-6-5-7-20(23)25-24(27(31)32-4)16(3)29-21-13-18(14-22(30)26(21)25)17-9-11-19(28)12-10-17/h5-12,15,18,24-25,29H,3,13-14H2,1-2,4H3. The normalized spacial score (nSPS) is 22.6. The number of para-hydroxylation sites is 1. The van der Waals surface area contributed by atoms with Crippen LogP contribution in [0, 0.1) is 5.92 Å². The third-order valence-electron chi connectivity index (χ3n) is 6.25. The van der Waals surface area contributed by atoms with E-state index in [-0.39, 0.29) is 17.8 Å². The third kappa shape index (κ3) is 4.55. The van der Waals surface area contributed by atoms with Gasteiger partial charge in [0.25, 0.3) is 0 Å². The summed E-state index contributed by atoms with van der Waals surface area (Å²) in [4.78, 5) is 26.5. The summed E-state index contributed by atoms with van der Waals surface area (Å²) >= 11 is 6.05. The SMILES string of the molecule is C=C1NC2=C(C(=O)CC(c3ccc(Cl)cc3)C2)C(c2ccccc2OC(C)C)C1C(=O)OC. The van der Waals surface area contributed by atoms with E-state index in [0.717, 1.165) is 16.8 Å². The van der Waals surface area contributed by atoms with E-state index in [1.807, 2.05) is 62.4 Å². The van der Waals surface area contributed by atoms with Crippen molar-refractivity contribution in [2.24, 2.45) is 5.92 Å². The predicted molar refractivity (Wildman–Crippen MR) is 128 cm³/mol. The van der Waals surface area contributed by atoms with Crippen LogP contribution in [0.3, 0.4) is 0 Å². The highest BCUT2D eigenvalue weighted by molar-refractivity contribution is 6.30. The molecular formula is C27H28ClNO4. The van der Waals surface area contributed by atoms with Crippen molar-refractivity contribution in [2.75, 3.05) is 7.11 Å². The van der Waals surface area contributed by atoms with E-state index in [4.69, 9.17) is 21.1 Å². The Morgan fingerprint density at radius 1 is 1.12 bits per heavy atom. The highest BCUT2D eigenvalue weighted by Gasteiger charge is 2.46. The fraction of sp³-hybridized carbons (Fsp3) is 0.333. The smallest absolute Gasteiger partial charge is 0.315 e. The number of Topliss-reactive ketones (excluding diaryl/α,β-unsaturated/α-hetero) is 1. The zero-order valence-electron chi connectivity index (χ0n) is 19.1. The second kappa shape index (κ2) is 9.44. The van der Waals surface area contributed by atoms with Crippen molar-refractivity contribution in [3.8, 4) is 5.75 Å². The van der Waals surface area contributed by atoms with Crippen molar-refractivity contribution in [2.45, 2.75) is 44.6 Å². The van der Waals surface area contributed by atoms with Gasteiger partial charge in [-0.2, -0.15) is 0 Å². The van der Waals surface area contributed by atoms with Crippen LogP contribution < -0.4 is 10.1 Å². The topological polar surface area (TPSA) is 64.6 Å². The Bertz CT molecular complexity index is 1120. The second-order valence-corrected chi connectivity index (χ2v) is 9.24. The molecule has 1 aliphatic heterocycles. The van der Waals surface area contributed by atoms with Gasteiger partial charge in [0.2, 0.25) is 0 Å². The monoisotopic (exact) mass is 465 g/mol. The molecule has 4 rings (SSSR count). The first-order chi connectivity index (χ1) is 15.8. The van der Waals surface area contributed by atoms with Crippen LogP contribution in [0.25, 0.3) is 0 Å². The number of halogens is 1. The van der Waals surface area contributed by atoms with Crippen molar-refractivity contribution in [1.82, 2.24) is 5.32 Å². The van der Waals surface area contributed by atoms with E-state index in [0.29, 0.717) is 34.9 Å². The van der Waals surface area contributed by atoms with Gasteiger partial charge in [-0.3, -0.25) is 9.59 Å². The Morgan fingerprint density at radius 2 is 1.82 bits per heavy atom. The molecule has 2 aromatic rings. The summed E-state index contributed by atoms with van der Waals surface area (Å²) in [6, 6.07) is 15.2. The fourth-order valence-electron chi connectivity index (χ4n) is 4.86. The second-order valence-electron chi connectivity index (χ2n) is 8.81. The fourth-order valence-corrected chi connectivity index (χ4v) is 4.99. The van der Waals surface area contributed by atoms with Gasteiger partial charge in [-0.1, -0.05) is 48.5 Å². The minimum atomic E-state index is -0.735. The average molecular weight is 466 g/mol. The molecule has 1 heterocycles. The van der Waals surface area contributed by atoms with Gasteiger partial charge in [0.05, 0.1) is 13.2 Å². The number of methoxy groups -OCH3 is 1. The first kappa shape index (κ1) is 23.1. The zero-order valence-corrected chi connectivity index (χ0v) is 19.8. The molecule has 0 fully saturated rings. The number of hydrogen-bond acceptors (Lipinski definition) is 5. The minimum absolute atomic E-state index is 0.00875. The van der Waals surface area contributed by atoms with Gasteiger partial charge >= 0.3 is 5.97 Å². The van der Waals surface area contributed by atoms with E-state index in [9.17, 15) is 9.59 Å². The Kier molecular flexibility index (Phi) is 6.61. The molecule has 0 spiro atoms. The highest BCUT2D eigenvalue weighted by atomic mass is 35.5. The lowest BCUT2D eigenvalue weighted by Crippen LogP contribution is -2.42. The van der Waals surface area contributed by atoms with Crippen molar-refractivity contribution in [1.29, 1.82) is 0 Å². The van der Waals surface area contributed by atoms with E-state index >= 15 is 0 Å². The first-order valence-electron chi connectivity index (χ1n) is 11.1. The maximum atomic E-state index is 13.6. The van der Waals surface area contributed by atoms with Crippen LogP contribution >= 0.6 is 11.6 Å². The summed E-state index contributed by atoms with van der Waals surface area (Å²) in [6.07, 6.45) is 0.934. The number of ketones is 1. The van der Waals surface area contributed by atoms with E-state index < -0.39 is 17.8 Å². The summed E-state index contributed by atoms with van der Waals surface area (Å²) in [5.41, 5.74) is 3.79.